The van der Waals surface area contributed by atoms with E-state index < -0.39 is 0 Å². The van der Waals surface area contributed by atoms with Crippen LogP contribution in [0.2, 0.25) is 0 Å². The number of nitrogens with one attached hydrogen (secondary N) is 1. The van der Waals surface area contributed by atoms with E-state index in [9.17, 15) is 5.11 Å². The van der Waals surface area contributed by atoms with Gasteiger partial charge in [-0.15, -0.1) is 0 Å². The van der Waals surface area contributed by atoms with Gasteiger partial charge in [0.15, 0.2) is 0 Å². The number of hydrogen-bond acceptors (Lipinski definition) is 4. The quantitative estimate of drug-likeness (QED) is 0.691. The second-order valence-electron chi connectivity index (χ2n) is 7.07. The van der Waals surface area contributed by atoms with Crippen molar-refractivity contribution in [2.75, 3.05) is 40.3 Å². The summed E-state index contributed by atoms with van der Waals surface area (Å²) in [5.41, 5.74) is -0.0991. The van der Waals surface area contributed by atoms with Crippen molar-refractivity contribution < 1.29 is 5.11 Å². The Kier molecular flexibility index (Phi) is 5.84. The van der Waals surface area contributed by atoms with Gasteiger partial charge in [-0.3, -0.25) is 4.90 Å². The predicted molar refractivity (Wildman–Crippen MR) is 84.0 cm³/mol. The molecule has 0 aromatic heterocycles. The van der Waals surface area contributed by atoms with Crippen LogP contribution < -0.4 is 5.32 Å². The van der Waals surface area contributed by atoms with Gasteiger partial charge in [0.1, 0.15) is 0 Å². The van der Waals surface area contributed by atoms with E-state index in [4.69, 9.17) is 0 Å². The predicted octanol–water partition coefficient (Wildman–Crippen LogP) is 1.30. The van der Waals surface area contributed by atoms with Crippen molar-refractivity contribution in [1.82, 2.24) is 15.1 Å². The Hall–Kier alpha value is -0.160. The summed E-state index contributed by atoms with van der Waals surface area (Å²) in [5, 5.41) is 12.6. The van der Waals surface area contributed by atoms with Crippen molar-refractivity contribution in [3.05, 3.63) is 0 Å². The molecule has 0 aromatic carbocycles. The zero-order chi connectivity index (χ0) is 14.6. The van der Waals surface area contributed by atoms with Gasteiger partial charge in [-0.2, -0.15) is 0 Å². The van der Waals surface area contributed by atoms with Gasteiger partial charge in [-0.1, -0.05) is 6.42 Å². The van der Waals surface area contributed by atoms with Crippen LogP contribution in [0.25, 0.3) is 0 Å². The molecule has 2 bridgehead atoms. The fourth-order valence-electron chi connectivity index (χ4n) is 3.72. The fourth-order valence-corrected chi connectivity index (χ4v) is 3.72. The molecular weight excluding hydrogens is 250 g/mol. The van der Waals surface area contributed by atoms with Gasteiger partial charge in [0, 0.05) is 24.2 Å². The normalized spacial score (nSPS) is 31.2. The molecule has 4 heteroatoms. The Morgan fingerprint density at radius 1 is 1.20 bits per heavy atom. The lowest BCUT2D eigenvalue weighted by Gasteiger charge is -2.28. The Labute approximate surface area is 124 Å². The summed E-state index contributed by atoms with van der Waals surface area (Å²) in [7, 11) is 4.25. The van der Waals surface area contributed by atoms with Crippen molar-refractivity contribution in [3.8, 4) is 0 Å². The first kappa shape index (κ1) is 16.2. The summed E-state index contributed by atoms with van der Waals surface area (Å²) in [6, 6.07) is 1.63. The van der Waals surface area contributed by atoms with Crippen LogP contribution in [0.1, 0.15) is 45.4 Å². The third kappa shape index (κ3) is 3.94. The molecule has 2 rings (SSSR count). The van der Waals surface area contributed by atoms with Crippen LogP contribution in [0.5, 0.6) is 0 Å². The van der Waals surface area contributed by atoms with Gasteiger partial charge < -0.3 is 15.3 Å². The zero-order valence-electron chi connectivity index (χ0n) is 13.6. The molecule has 0 aromatic rings. The number of unbranched alkanes of at least 4 members (excludes halogenated alkanes) is 1. The molecule has 0 aliphatic carbocycles. The molecule has 20 heavy (non-hydrogen) atoms. The molecule has 0 saturated carbocycles. The number of likely N-dealkylation sites (N-methyl/N-ethyl adjacent to an activating group) is 2. The molecule has 3 unspecified atom stereocenters. The third-order valence-corrected chi connectivity index (χ3v) is 5.64. The molecule has 0 amide bonds. The van der Waals surface area contributed by atoms with Crippen molar-refractivity contribution >= 4 is 0 Å². The maximum atomic E-state index is 9.39. The van der Waals surface area contributed by atoms with Crippen molar-refractivity contribution in [1.29, 1.82) is 0 Å². The highest BCUT2D eigenvalue weighted by atomic mass is 16.3. The lowest BCUT2D eigenvalue weighted by atomic mass is 9.96. The highest BCUT2D eigenvalue weighted by Crippen LogP contribution is 2.28. The van der Waals surface area contributed by atoms with E-state index in [2.05, 4.69) is 29.1 Å². The minimum Gasteiger partial charge on any atom is -0.394 e. The van der Waals surface area contributed by atoms with Gasteiger partial charge in [-0.25, -0.2) is 0 Å². The van der Waals surface area contributed by atoms with Crippen LogP contribution in [-0.4, -0.2) is 72.9 Å². The second kappa shape index (κ2) is 7.21. The molecule has 2 fully saturated rings. The number of likely N-dealkylation sites (tertiary alicyclic amines) is 1. The van der Waals surface area contributed by atoms with Gasteiger partial charge in [0.25, 0.3) is 0 Å². The summed E-state index contributed by atoms with van der Waals surface area (Å²) in [4.78, 5) is 5.28. The molecule has 2 N–H and O–H groups in total. The smallest absolute Gasteiger partial charge is 0.0610 e. The fraction of sp³-hybridized carbons (Fsp3) is 1.00. The van der Waals surface area contributed by atoms with E-state index >= 15 is 0 Å². The van der Waals surface area contributed by atoms with Crippen LogP contribution >= 0.6 is 0 Å². The molecule has 118 valence electrons. The Balaban J connectivity index is 1.67. The number of aliphatic hydroxyl groups excluding tert-OH is 1. The largest absolute Gasteiger partial charge is 0.394 e. The van der Waals surface area contributed by atoms with Crippen molar-refractivity contribution in [2.24, 2.45) is 0 Å². The monoisotopic (exact) mass is 283 g/mol. The molecule has 0 spiro atoms. The molecule has 2 aliphatic heterocycles. The summed E-state index contributed by atoms with van der Waals surface area (Å²) >= 11 is 0. The molecule has 2 saturated heterocycles. The van der Waals surface area contributed by atoms with E-state index in [1.165, 1.54) is 51.7 Å². The highest BCUT2D eigenvalue weighted by molar-refractivity contribution is 4.91. The minimum atomic E-state index is -0.0991. The van der Waals surface area contributed by atoms with Crippen LogP contribution in [0.3, 0.4) is 0 Å². The minimum absolute atomic E-state index is 0.0991. The van der Waals surface area contributed by atoms with Crippen LogP contribution in [0.15, 0.2) is 0 Å². The number of aliphatic hydroxyl groups is 1. The van der Waals surface area contributed by atoms with Crippen LogP contribution in [0, 0.1) is 0 Å². The average molecular weight is 283 g/mol. The second-order valence-corrected chi connectivity index (χ2v) is 7.07. The SMILES string of the molecule is CNC(C)(CO)CCCCN1CCC2CCC(C1)N2C. The van der Waals surface area contributed by atoms with Crippen molar-refractivity contribution in [2.45, 2.75) is 63.1 Å². The molecule has 4 nitrogen and oxygen atoms in total. The summed E-state index contributed by atoms with van der Waals surface area (Å²) in [5.74, 6) is 0. The molecule has 2 heterocycles. The lowest BCUT2D eigenvalue weighted by Crippen LogP contribution is -2.43. The topological polar surface area (TPSA) is 38.7 Å². The van der Waals surface area contributed by atoms with Gasteiger partial charge >= 0.3 is 0 Å². The van der Waals surface area contributed by atoms with E-state index in [0.29, 0.717) is 0 Å². The van der Waals surface area contributed by atoms with Gasteiger partial charge in [0.2, 0.25) is 0 Å². The molecule has 0 radical (unpaired) electrons. The Morgan fingerprint density at radius 3 is 2.65 bits per heavy atom. The maximum Gasteiger partial charge on any atom is 0.0610 e. The highest BCUT2D eigenvalue weighted by Gasteiger charge is 2.34. The number of nitrogens with zero attached hydrogens (tertiary/aromatic N) is 2. The summed E-state index contributed by atoms with van der Waals surface area (Å²) in [6.07, 6.45) is 7.64. The molecule has 3 atom stereocenters. The van der Waals surface area contributed by atoms with E-state index in [-0.39, 0.29) is 12.1 Å². The lowest BCUT2D eigenvalue weighted by molar-refractivity contribution is 0.167. The van der Waals surface area contributed by atoms with Crippen molar-refractivity contribution in [3.63, 3.8) is 0 Å². The number of rotatable bonds is 7. The first-order valence-electron chi connectivity index (χ1n) is 8.32. The third-order valence-electron chi connectivity index (χ3n) is 5.64. The summed E-state index contributed by atoms with van der Waals surface area (Å²) in [6.45, 7) is 6.09. The Morgan fingerprint density at radius 2 is 1.95 bits per heavy atom. The number of fused-ring (bicyclic) bond motifs is 2. The van der Waals surface area contributed by atoms with E-state index in [0.717, 1.165) is 18.5 Å². The first-order valence-corrected chi connectivity index (χ1v) is 8.32. The number of hydrogen-bond donors (Lipinski definition) is 2. The standard InChI is InChI=1S/C16H33N3O/c1-16(13-20,17-2)9-4-5-10-19-11-8-14-6-7-15(12-19)18(14)3/h14-15,17,20H,4-13H2,1-3H3. The maximum absolute atomic E-state index is 9.39. The molecule has 2 aliphatic rings. The molecular formula is C16H33N3O. The van der Waals surface area contributed by atoms with Crippen LogP contribution in [-0.2, 0) is 0 Å². The zero-order valence-corrected chi connectivity index (χ0v) is 13.6. The van der Waals surface area contributed by atoms with E-state index in [1.807, 2.05) is 7.05 Å². The van der Waals surface area contributed by atoms with Crippen LogP contribution in [0.4, 0.5) is 0 Å². The summed E-state index contributed by atoms with van der Waals surface area (Å²) < 4.78 is 0. The average Bonchev–Trinajstić information content (AvgIpc) is 2.70. The van der Waals surface area contributed by atoms with Gasteiger partial charge in [0.05, 0.1) is 6.61 Å². The Bertz CT molecular complexity index is 293. The first-order chi connectivity index (χ1) is 9.58. The van der Waals surface area contributed by atoms with E-state index in [1.54, 1.807) is 0 Å². The van der Waals surface area contributed by atoms with Gasteiger partial charge in [-0.05, 0) is 66.2 Å².